The van der Waals surface area contributed by atoms with Gasteiger partial charge >= 0.3 is 0 Å². The van der Waals surface area contributed by atoms with Gasteiger partial charge in [-0.05, 0) is 54.0 Å². The van der Waals surface area contributed by atoms with Crippen LogP contribution in [-0.4, -0.2) is 34.8 Å². The summed E-state index contributed by atoms with van der Waals surface area (Å²) in [4.78, 5) is 13.4. The molecule has 3 aromatic heterocycles. The summed E-state index contributed by atoms with van der Waals surface area (Å²) in [6.07, 6.45) is 6.72. The molecule has 2 aliphatic rings. The van der Waals surface area contributed by atoms with Crippen molar-refractivity contribution in [3.63, 3.8) is 0 Å². The van der Waals surface area contributed by atoms with E-state index in [9.17, 15) is 13.9 Å². The number of aliphatic hydroxyl groups is 1. The number of imidazole rings is 1. The number of benzene rings is 1. The molecule has 9 heteroatoms. The van der Waals surface area contributed by atoms with Gasteiger partial charge < -0.3 is 5.11 Å². The van der Waals surface area contributed by atoms with Crippen LogP contribution < -0.4 is 0 Å². The molecule has 4 aromatic rings. The van der Waals surface area contributed by atoms with E-state index in [1.807, 2.05) is 6.07 Å². The van der Waals surface area contributed by atoms with E-state index < -0.39 is 17.0 Å². The van der Waals surface area contributed by atoms with E-state index in [1.54, 1.807) is 29.4 Å². The fourth-order valence-corrected chi connectivity index (χ4v) is 6.02. The molecular formula is C25H22F2N6O. The number of halogens is 2. The Morgan fingerprint density at radius 1 is 1.12 bits per heavy atom. The Labute approximate surface area is 194 Å². The zero-order chi connectivity index (χ0) is 23.7. The van der Waals surface area contributed by atoms with Crippen LogP contribution in [0.15, 0.2) is 49.1 Å². The third-order valence-electron chi connectivity index (χ3n) is 7.71. The van der Waals surface area contributed by atoms with Crippen LogP contribution in [0.25, 0.3) is 17.2 Å². The summed E-state index contributed by atoms with van der Waals surface area (Å²) in [6.45, 7) is 4.22. The molecule has 0 unspecified atom stereocenters. The average Bonchev–Trinajstić information content (AvgIpc) is 3.47. The van der Waals surface area contributed by atoms with Gasteiger partial charge in [0.1, 0.15) is 18.0 Å². The number of hydrogen-bond donors (Lipinski definition) is 1. The van der Waals surface area contributed by atoms with E-state index in [-0.39, 0.29) is 29.2 Å². The zero-order valence-electron chi connectivity index (χ0n) is 18.7. The summed E-state index contributed by atoms with van der Waals surface area (Å²) in [7, 11) is 0. The fourth-order valence-electron chi connectivity index (χ4n) is 6.02. The second-order valence-electron chi connectivity index (χ2n) is 9.52. The van der Waals surface area contributed by atoms with Crippen LogP contribution in [0.4, 0.5) is 8.78 Å². The first-order chi connectivity index (χ1) is 16.4. The molecule has 2 bridgehead atoms. The summed E-state index contributed by atoms with van der Waals surface area (Å²) < 4.78 is 30.6. The third kappa shape index (κ3) is 2.67. The van der Waals surface area contributed by atoms with Crippen LogP contribution >= 0.6 is 0 Å². The molecule has 7 nitrogen and oxygen atoms in total. The third-order valence-corrected chi connectivity index (χ3v) is 7.71. The molecule has 2 aliphatic carbocycles. The van der Waals surface area contributed by atoms with E-state index in [2.05, 4.69) is 34.0 Å². The molecule has 3 heterocycles. The normalized spacial score (nSPS) is 22.2. The molecule has 1 saturated carbocycles. The van der Waals surface area contributed by atoms with Crippen LogP contribution in [0.3, 0.4) is 0 Å². The molecule has 1 fully saturated rings. The van der Waals surface area contributed by atoms with Crippen LogP contribution in [0.2, 0.25) is 0 Å². The van der Waals surface area contributed by atoms with Gasteiger partial charge in [-0.1, -0.05) is 19.9 Å². The van der Waals surface area contributed by atoms with Gasteiger partial charge in [-0.3, -0.25) is 4.57 Å². The summed E-state index contributed by atoms with van der Waals surface area (Å²) in [5.74, 6) is -0.715. The maximum Gasteiger partial charge on any atom is 0.235 e. The second-order valence-corrected chi connectivity index (χ2v) is 9.52. The lowest BCUT2D eigenvalue weighted by molar-refractivity contribution is 0.242. The van der Waals surface area contributed by atoms with Crippen molar-refractivity contribution in [3.05, 3.63) is 83.3 Å². The molecule has 0 radical (unpaired) electrons. The molecule has 1 aromatic carbocycles. The number of nitrogens with zero attached hydrogens (tertiary/aromatic N) is 6. The highest BCUT2D eigenvalue weighted by Crippen LogP contribution is 2.69. The standard InChI is InChI=1S/C25H22F2N6O/c1-24(2)16-6-8-25(24,20-7-9-28-23(30-20)33-11-14(12-34)29-13-33)22-15(16)10-19(31-32-22)21-17(26)4-3-5-18(21)27/h3-5,7,9-11,13,16,34H,6,8,12H2,1-2H3/t16-,25-/m0/s1. The van der Waals surface area contributed by atoms with Gasteiger partial charge in [-0.25, -0.2) is 23.7 Å². The van der Waals surface area contributed by atoms with Gasteiger partial charge in [0.25, 0.3) is 0 Å². The number of hydrogen-bond acceptors (Lipinski definition) is 6. The van der Waals surface area contributed by atoms with Gasteiger partial charge in [-0.15, -0.1) is 5.10 Å². The molecule has 2 atom stereocenters. The van der Waals surface area contributed by atoms with Crippen molar-refractivity contribution in [2.75, 3.05) is 0 Å². The maximum atomic E-state index is 14.5. The predicted molar refractivity (Wildman–Crippen MR) is 119 cm³/mol. The lowest BCUT2D eigenvalue weighted by Crippen LogP contribution is -2.38. The van der Waals surface area contributed by atoms with Crippen molar-refractivity contribution in [1.29, 1.82) is 0 Å². The number of aromatic nitrogens is 6. The Kier molecular flexibility index (Phi) is 4.44. The van der Waals surface area contributed by atoms with Crippen LogP contribution in [0.1, 0.15) is 55.3 Å². The number of fused-ring (bicyclic) bond motifs is 5. The van der Waals surface area contributed by atoms with Gasteiger partial charge in [0.2, 0.25) is 5.95 Å². The Balaban J connectivity index is 1.51. The quantitative estimate of drug-likeness (QED) is 0.493. The summed E-state index contributed by atoms with van der Waals surface area (Å²) >= 11 is 0. The number of aliphatic hydroxyl groups excluding tert-OH is 1. The first-order valence-electron chi connectivity index (χ1n) is 11.2. The summed E-state index contributed by atoms with van der Waals surface area (Å²) in [6, 6.07) is 7.49. The lowest BCUT2D eigenvalue weighted by atomic mass is 9.66. The van der Waals surface area contributed by atoms with Crippen molar-refractivity contribution in [2.24, 2.45) is 5.41 Å². The molecule has 0 aliphatic heterocycles. The Bertz CT molecular complexity index is 1410. The van der Waals surface area contributed by atoms with Crippen molar-refractivity contribution >= 4 is 0 Å². The van der Waals surface area contributed by atoms with Crippen LogP contribution in [0, 0.1) is 17.0 Å². The lowest BCUT2D eigenvalue weighted by Gasteiger charge is -2.37. The van der Waals surface area contributed by atoms with Crippen LogP contribution in [0.5, 0.6) is 0 Å². The second kappa shape index (κ2) is 7.20. The van der Waals surface area contributed by atoms with Crippen molar-refractivity contribution < 1.29 is 13.9 Å². The Morgan fingerprint density at radius 3 is 2.65 bits per heavy atom. The van der Waals surface area contributed by atoms with E-state index in [0.717, 1.165) is 29.8 Å². The molecular weight excluding hydrogens is 438 g/mol. The minimum Gasteiger partial charge on any atom is -0.390 e. The maximum absolute atomic E-state index is 14.5. The molecule has 0 saturated heterocycles. The monoisotopic (exact) mass is 460 g/mol. The summed E-state index contributed by atoms with van der Waals surface area (Å²) in [5, 5.41) is 18.2. The van der Waals surface area contributed by atoms with E-state index >= 15 is 0 Å². The SMILES string of the molecule is CC1(C)[C@H]2CC[C@]1(c1ccnc(-n3cnc(CO)c3)n1)c1nnc(-c3c(F)cccc3F)cc12. The van der Waals surface area contributed by atoms with E-state index in [4.69, 9.17) is 4.98 Å². The molecule has 34 heavy (non-hydrogen) atoms. The topological polar surface area (TPSA) is 89.6 Å². The molecule has 0 spiro atoms. The molecule has 0 amide bonds. The predicted octanol–water partition coefficient (Wildman–Crippen LogP) is 4.09. The van der Waals surface area contributed by atoms with Crippen molar-refractivity contribution in [3.8, 4) is 17.2 Å². The Morgan fingerprint density at radius 2 is 1.91 bits per heavy atom. The first-order valence-corrected chi connectivity index (χ1v) is 11.2. The van der Waals surface area contributed by atoms with Gasteiger partial charge in [0.05, 0.1) is 40.4 Å². The van der Waals surface area contributed by atoms with Crippen molar-refractivity contribution in [2.45, 2.75) is 44.6 Å². The first kappa shape index (κ1) is 21.0. The van der Waals surface area contributed by atoms with Crippen LogP contribution in [-0.2, 0) is 12.0 Å². The van der Waals surface area contributed by atoms with Gasteiger partial charge in [0.15, 0.2) is 0 Å². The van der Waals surface area contributed by atoms with E-state index in [1.165, 1.54) is 18.2 Å². The minimum atomic E-state index is -0.658. The van der Waals surface area contributed by atoms with E-state index in [0.29, 0.717) is 11.6 Å². The molecule has 1 N–H and O–H groups in total. The highest BCUT2D eigenvalue weighted by atomic mass is 19.1. The largest absolute Gasteiger partial charge is 0.390 e. The van der Waals surface area contributed by atoms with Gasteiger partial charge in [-0.2, -0.15) is 5.10 Å². The molecule has 172 valence electrons. The van der Waals surface area contributed by atoms with Crippen molar-refractivity contribution in [1.82, 2.24) is 29.7 Å². The Hall–Kier alpha value is -3.59. The van der Waals surface area contributed by atoms with Gasteiger partial charge in [0, 0.05) is 12.4 Å². The smallest absolute Gasteiger partial charge is 0.235 e. The highest BCUT2D eigenvalue weighted by Gasteiger charge is 2.65. The zero-order valence-corrected chi connectivity index (χ0v) is 18.7. The fraction of sp³-hybridized carbons (Fsp3) is 0.320. The average molecular weight is 460 g/mol. The molecule has 6 rings (SSSR count). The number of rotatable bonds is 4. The summed E-state index contributed by atoms with van der Waals surface area (Å²) in [5.41, 5.74) is 2.41. The minimum absolute atomic E-state index is 0.152. The highest BCUT2D eigenvalue weighted by molar-refractivity contribution is 5.64.